The molecule has 0 spiro atoms. The van der Waals surface area contributed by atoms with Crippen LogP contribution in [0.25, 0.3) is 0 Å². The normalized spacial score (nSPS) is 20.7. The first-order valence-corrected chi connectivity index (χ1v) is 4.93. The summed E-state index contributed by atoms with van der Waals surface area (Å²) in [6.45, 7) is 4.27. The zero-order valence-electron chi connectivity index (χ0n) is 8.57. The Bertz CT molecular complexity index is 391. The van der Waals surface area contributed by atoms with E-state index in [1.165, 1.54) is 5.56 Å². The molecule has 0 saturated carbocycles. The number of rotatable bonds is 1. The van der Waals surface area contributed by atoms with Gasteiger partial charge in [-0.1, -0.05) is 19.1 Å². The fraction of sp³-hybridized carbons (Fsp3) is 0.333. The average Bonchev–Trinajstić information content (AvgIpc) is 2.20. The summed E-state index contributed by atoms with van der Waals surface area (Å²) in [7, 11) is 0. The van der Waals surface area contributed by atoms with Gasteiger partial charge in [0, 0.05) is 18.3 Å². The van der Waals surface area contributed by atoms with Crippen LogP contribution >= 0.6 is 0 Å². The molecule has 2 rings (SSSR count). The van der Waals surface area contributed by atoms with E-state index in [4.69, 9.17) is 0 Å². The van der Waals surface area contributed by atoms with Crippen LogP contribution in [0.1, 0.15) is 24.6 Å². The molecule has 1 aliphatic rings. The molecular formula is C12H14N2. The van der Waals surface area contributed by atoms with Gasteiger partial charge in [-0.3, -0.25) is 9.98 Å². The van der Waals surface area contributed by atoms with E-state index in [9.17, 15) is 0 Å². The molecule has 1 aromatic heterocycles. The highest BCUT2D eigenvalue weighted by Crippen LogP contribution is 2.18. The first-order chi connectivity index (χ1) is 6.79. The number of nitrogens with zero attached hydrogens (tertiary/aromatic N) is 2. The molecule has 0 saturated heterocycles. The van der Waals surface area contributed by atoms with Crippen LogP contribution < -0.4 is 0 Å². The fourth-order valence-corrected chi connectivity index (χ4v) is 1.69. The molecule has 0 radical (unpaired) electrons. The maximum atomic E-state index is 4.42. The molecule has 14 heavy (non-hydrogen) atoms. The van der Waals surface area contributed by atoms with Crippen LogP contribution in [0.2, 0.25) is 0 Å². The third-order valence-corrected chi connectivity index (χ3v) is 2.53. The lowest BCUT2D eigenvalue weighted by molar-refractivity contribution is 0.773. The van der Waals surface area contributed by atoms with Gasteiger partial charge in [0.05, 0.1) is 11.4 Å². The maximum Gasteiger partial charge on any atom is 0.0876 e. The van der Waals surface area contributed by atoms with E-state index < -0.39 is 0 Å². The van der Waals surface area contributed by atoms with Gasteiger partial charge in [-0.05, 0) is 25.0 Å². The van der Waals surface area contributed by atoms with Crippen LogP contribution in [-0.2, 0) is 0 Å². The van der Waals surface area contributed by atoms with Crippen molar-refractivity contribution in [3.63, 3.8) is 0 Å². The Morgan fingerprint density at radius 1 is 1.43 bits per heavy atom. The van der Waals surface area contributed by atoms with Gasteiger partial charge in [0.15, 0.2) is 0 Å². The number of aromatic nitrogens is 1. The molecule has 1 atom stereocenters. The standard InChI is InChI=1S/C12H14N2/c1-9-5-3-7-13-11(9)12-10(2)6-4-8-14-12/h3-5,7-8,10H,6H2,1-2H3. The summed E-state index contributed by atoms with van der Waals surface area (Å²) >= 11 is 0. The molecule has 1 aliphatic heterocycles. The van der Waals surface area contributed by atoms with E-state index in [0.29, 0.717) is 5.92 Å². The monoisotopic (exact) mass is 186 g/mol. The minimum absolute atomic E-state index is 0.480. The number of allylic oxidation sites excluding steroid dienone is 1. The number of aliphatic imine (C=N–C) groups is 1. The van der Waals surface area contributed by atoms with Crippen molar-refractivity contribution in [3.8, 4) is 0 Å². The van der Waals surface area contributed by atoms with Gasteiger partial charge in [0.25, 0.3) is 0 Å². The second-order valence-corrected chi connectivity index (χ2v) is 3.70. The summed E-state index contributed by atoms with van der Waals surface area (Å²) in [4.78, 5) is 8.80. The van der Waals surface area contributed by atoms with Gasteiger partial charge in [0.2, 0.25) is 0 Å². The highest BCUT2D eigenvalue weighted by atomic mass is 14.8. The van der Waals surface area contributed by atoms with Crippen molar-refractivity contribution in [2.45, 2.75) is 20.3 Å². The van der Waals surface area contributed by atoms with Gasteiger partial charge < -0.3 is 0 Å². The quantitative estimate of drug-likeness (QED) is 0.662. The molecular weight excluding hydrogens is 172 g/mol. The van der Waals surface area contributed by atoms with E-state index in [1.54, 1.807) is 0 Å². The molecule has 2 heteroatoms. The lowest BCUT2D eigenvalue weighted by Gasteiger charge is -2.16. The number of aryl methyl sites for hydroxylation is 1. The second kappa shape index (κ2) is 3.74. The third-order valence-electron chi connectivity index (χ3n) is 2.53. The maximum absolute atomic E-state index is 4.42. The van der Waals surface area contributed by atoms with E-state index in [-0.39, 0.29) is 0 Å². The average molecular weight is 186 g/mol. The first kappa shape index (κ1) is 9.13. The van der Waals surface area contributed by atoms with Crippen molar-refractivity contribution in [1.29, 1.82) is 0 Å². The molecule has 0 aromatic carbocycles. The zero-order chi connectivity index (χ0) is 9.97. The molecule has 0 fully saturated rings. The van der Waals surface area contributed by atoms with Crippen molar-refractivity contribution < 1.29 is 0 Å². The molecule has 2 heterocycles. The second-order valence-electron chi connectivity index (χ2n) is 3.70. The number of pyridine rings is 1. The predicted octanol–water partition coefficient (Wildman–Crippen LogP) is 2.73. The van der Waals surface area contributed by atoms with Crippen molar-refractivity contribution in [1.82, 2.24) is 4.98 Å². The van der Waals surface area contributed by atoms with E-state index in [2.05, 4.69) is 36.0 Å². The summed E-state index contributed by atoms with van der Waals surface area (Å²) < 4.78 is 0. The molecule has 1 unspecified atom stereocenters. The Labute approximate surface area is 84.4 Å². The van der Waals surface area contributed by atoms with Crippen LogP contribution in [0, 0.1) is 12.8 Å². The fourth-order valence-electron chi connectivity index (χ4n) is 1.69. The van der Waals surface area contributed by atoms with Crippen molar-refractivity contribution >= 4 is 5.71 Å². The van der Waals surface area contributed by atoms with Crippen LogP contribution in [0.4, 0.5) is 0 Å². The number of hydrogen-bond donors (Lipinski definition) is 0. The highest BCUT2D eigenvalue weighted by Gasteiger charge is 2.16. The lowest BCUT2D eigenvalue weighted by Crippen LogP contribution is -2.16. The van der Waals surface area contributed by atoms with Crippen LogP contribution in [0.5, 0.6) is 0 Å². The van der Waals surface area contributed by atoms with Crippen LogP contribution in [-0.4, -0.2) is 10.7 Å². The topological polar surface area (TPSA) is 25.2 Å². The Morgan fingerprint density at radius 2 is 2.29 bits per heavy atom. The van der Waals surface area contributed by atoms with Gasteiger partial charge in [-0.2, -0.15) is 0 Å². The number of hydrogen-bond acceptors (Lipinski definition) is 2. The molecule has 0 N–H and O–H groups in total. The Balaban J connectivity index is 2.44. The summed E-state index contributed by atoms with van der Waals surface area (Å²) in [5, 5.41) is 0. The summed E-state index contributed by atoms with van der Waals surface area (Å²) in [6, 6.07) is 4.04. The van der Waals surface area contributed by atoms with E-state index >= 15 is 0 Å². The lowest BCUT2D eigenvalue weighted by atomic mass is 9.95. The Hall–Kier alpha value is -1.44. The third kappa shape index (κ3) is 1.60. The van der Waals surface area contributed by atoms with Crippen LogP contribution in [0.3, 0.4) is 0 Å². The summed E-state index contributed by atoms with van der Waals surface area (Å²) in [5.41, 5.74) is 3.36. The minimum Gasteiger partial charge on any atom is -0.259 e. The SMILES string of the molecule is Cc1cccnc1C1=NC=CCC1C. The summed E-state index contributed by atoms with van der Waals surface area (Å²) in [6.07, 6.45) is 6.88. The molecule has 1 aromatic rings. The van der Waals surface area contributed by atoms with Crippen molar-refractivity contribution in [2.75, 3.05) is 0 Å². The Kier molecular flexibility index (Phi) is 2.44. The van der Waals surface area contributed by atoms with Gasteiger partial charge in [-0.25, -0.2) is 0 Å². The highest BCUT2D eigenvalue weighted by molar-refractivity contribution is 6.02. The van der Waals surface area contributed by atoms with Crippen LogP contribution in [0.15, 0.2) is 35.6 Å². The van der Waals surface area contributed by atoms with Crippen molar-refractivity contribution in [3.05, 3.63) is 41.9 Å². The largest absolute Gasteiger partial charge is 0.259 e. The smallest absolute Gasteiger partial charge is 0.0876 e. The van der Waals surface area contributed by atoms with E-state index in [1.807, 2.05) is 18.5 Å². The predicted molar refractivity (Wildman–Crippen MR) is 58.4 cm³/mol. The van der Waals surface area contributed by atoms with Gasteiger partial charge >= 0.3 is 0 Å². The molecule has 2 nitrogen and oxygen atoms in total. The minimum atomic E-state index is 0.480. The van der Waals surface area contributed by atoms with E-state index in [0.717, 1.165) is 17.8 Å². The summed E-state index contributed by atoms with van der Waals surface area (Å²) in [5.74, 6) is 0.480. The first-order valence-electron chi connectivity index (χ1n) is 4.93. The molecule has 0 amide bonds. The molecule has 0 aliphatic carbocycles. The molecule has 72 valence electrons. The van der Waals surface area contributed by atoms with Crippen molar-refractivity contribution in [2.24, 2.45) is 10.9 Å². The Morgan fingerprint density at radius 3 is 3.00 bits per heavy atom. The zero-order valence-corrected chi connectivity index (χ0v) is 8.57. The molecule has 0 bridgehead atoms. The van der Waals surface area contributed by atoms with Gasteiger partial charge in [0.1, 0.15) is 0 Å². The van der Waals surface area contributed by atoms with Gasteiger partial charge in [-0.15, -0.1) is 0 Å².